The molecule has 0 heterocycles. The molecule has 6 heteroatoms. The van der Waals surface area contributed by atoms with E-state index in [2.05, 4.69) is 10.6 Å². The molecule has 0 atom stereocenters. The molecule has 2 rings (SSSR count). The van der Waals surface area contributed by atoms with Crippen molar-refractivity contribution in [2.24, 2.45) is 0 Å². The van der Waals surface area contributed by atoms with E-state index in [0.29, 0.717) is 44.1 Å². The number of carbonyl (C=O) groups is 2. The van der Waals surface area contributed by atoms with Crippen LogP contribution in [0.2, 0.25) is 0 Å². The molecule has 0 aliphatic carbocycles. The first-order valence-electron chi connectivity index (χ1n) is 10.2. The van der Waals surface area contributed by atoms with Gasteiger partial charge in [-0.15, -0.1) is 0 Å². The molecule has 0 saturated carbocycles. The monoisotopic (exact) mass is 412 g/mol. The lowest BCUT2D eigenvalue weighted by molar-refractivity contribution is 0.0453. The van der Waals surface area contributed by atoms with Gasteiger partial charge in [0.2, 0.25) is 0 Å². The Morgan fingerprint density at radius 2 is 1.47 bits per heavy atom. The summed E-state index contributed by atoms with van der Waals surface area (Å²) in [5.41, 5.74) is 2.77. The van der Waals surface area contributed by atoms with Gasteiger partial charge in [-0.2, -0.15) is 0 Å². The lowest BCUT2D eigenvalue weighted by Gasteiger charge is -2.20. The minimum atomic E-state index is -0.310. The molecule has 0 spiro atoms. The highest BCUT2D eigenvalue weighted by Gasteiger charge is 2.15. The number of benzene rings is 2. The molecule has 0 saturated heterocycles. The highest BCUT2D eigenvalue weighted by Crippen LogP contribution is 2.09. The average Bonchev–Trinajstić information content (AvgIpc) is 2.71. The summed E-state index contributed by atoms with van der Waals surface area (Å²) in [4.78, 5) is 24.6. The summed E-state index contributed by atoms with van der Waals surface area (Å²) in [5.74, 6) is -0.342. The molecular weight excluding hydrogens is 380 g/mol. The lowest BCUT2D eigenvalue weighted by atomic mass is 10.1. The zero-order chi connectivity index (χ0) is 22.0. The topological polar surface area (TPSA) is 76.7 Å². The molecule has 2 aromatic rings. The van der Waals surface area contributed by atoms with Gasteiger partial charge in [0.25, 0.3) is 11.8 Å². The first-order chi connectivity index (χ1) is 14.3. The van der Waals surface area contributed by atoms with Gasteiger partial charge in [0.05, 0.1) is 19.8 Å². The van der Waals surface area contributed by atoms with Gasteiger partial charge in [0, 0.05) is 29.8 Å². The normalized spacial score (nSPS) is 11.2. The molecule has 0 radical (unpaired) electrons. The molecular formula is C24H32N2O4. The number of ether oxygens (including phenoxy) is 2. The largest absolute Gasteiger partial charge is 0.379 e. The molecule has 0 unspecified atom stereocenters. The Morgan fingerprint density at radius 3 is 2.10 bits per heavy atom. The van der Waals surface area contributed by atoms with Crippen molar-refractivity contribution in [1.82, 2.24) is 10.6 Å². The van der Waals surface area contributed by atoms with Gasteiger partial charge in [0.1, 0.15) is 0 Å². The molecule has 6 nitrogen and oxygen atoms in total. The van der Waals surface area contributed by atoms with E-state index in [1.165, 1.54) is 0 Å². The first-order valence-corrected chi connectivity index (χ1v) is 10.2. The van der Waals surface area contributed by atoms with E-state index in [4.69, 9.17) is 9.47 Å². The molecule has 0 aliphatic rings. The Labute approximate surface area is 179 Å². The second-order valence-corrected chi connectivity index (χ2v) is 8.03. The van der Waals surface area contributed by atoms with E-state index in [-0.39, 0.29) is 17.4 Å². The van der Waals surface area contributed by atoms with E-state index in [9.17, 15) is 9.59 Å². The van der Waals surface area contributed by atoms with Crippen molar-refractivity contribution in [1.29, 1.82) is 0 Å². The molecule has 0 bridgehead atoms. The maximum atomic E-state index is 12.4. The summed E-state index contributed by atoms with van der Waals surface area (Å²) >= 11 is 0. The van der Waals surface area contributed by atoms with Gasteiger partial charge >= 0.3 is 0 Å². The quantitative estimate of drug-likeness (QED) is 0.584. The number of hydrogen-bond donors (Lipinski definition) is 2. The predicted molar refractivity (Wildman–Crippen MR) is 117 cm³/mol. The van der Waals surface area contributed by atoms with Gasteiger partial charge in [-0.1, -0.05) is 24.3 Å². The minimum Gasteiger partial charge on any atom is -0.379 e. The van der Waals surface area contributed by atoms with E-state index in [0.717, 1.165) is 11.1 Å². The number of hydrogen-bond acceptors (Lipinski definition) is 4. The number of rotatable bonds is 10. The molecule has 0 aliphatic heterocycles. The van der Waals surface area contributed by atoms with Crippen LogP contribution in [-0.2, 0) is 22.6 Å². The highest BCUT2D eigenvalue weighted by atomic mass is 16.5. The van der Waals surface area contributed by atoms with Crippen LogP contribution in [0.4, 0.5) is 0 Å². The van der Waals surface area contributed by atoms with Crippen LogP contribution < -0.4 is 10.6 Å². The second kappa shape index (κ2) is 11.5. The fourth-order valence-corrected chi connectivity index (χ4v) is 2.75. The Morgan fingerprint density at radius 1 is 0.867 bits per heavy atom. The predicted octanol–water partition coefficient (Wildman–Crippen LogP) is 3.70. The fourth-order valence-electron chi connectivity index (χ4n) is 2.75. The molecule has 0 fully saturated rings. The third kappa shape index (κ3) is 8.35. The Hall–Kier alpha value is -2.70. The summed E-state index contributed by atoms with van der Waals surface area (Å²) in [6.45, 7) is 10.5. The van der Waals surface area contributed by atoms with Gasteiger partial charge in [0.15, 0.2) is 0 Å². The third-order valence-corrected chi connectivity index (χ3v) is 4.19. The van der Waals surface area contributed by atoms with Crippen molar-refractivity contribution in [3.63, 3.8) is 0 Å². The highest BCUT2D eigenvalue weighted by molar-refractivity contribution is 5.98. The molecule has 2 aromatic carbocycles. The van der Waals surface area contributed by atoms with Crippen LogP contribution in [-0.4, -0.2) is 37.2 Å². The Balaban J connectivity index is 1.85. The second-order valence-electron chi connectivity index (χ2n) is 8.03. The average molecular weight is 413 g/mol. The maximum absolute atomic E-state index is 12.4. The molecule has 162 valence electrons. The van der Waals surface area contributed by atoms with Crippen LogP contribution in [0.25, 0.3) is 0 Å². The Kier molecular flexibility index (Phi) is 9.02. The van der Waals surface area contributed by atoms with Crippen LogP contribution in [0, 0.1) is 0 Å². The van der Waals surface area contributed by atoms with Crippen LogP contribution in [0.15, 0.2) is 48.5 Å². The standard InChI is InChI=1S/C24H32N2O4/c1-5-29-13-14-30-17-19-8-6-7-18(15-19)16-25-22(27)20-9-11-21(12-10-20)23(28)26-24(2,3)4/h6-12,15H,5,13-14,16-17H2,1-4H3,(H,25,27)(H,26,28). The smallest absolute Gasteiger partial charge is 0.251 e. The third-order valence-electron chi connectivity index (χ3n) is 4.19. The zero-order valence-corrected chi connectivity index (χ0v) is 18.3. The van der Waals surface area contributed by atoms with Gasteiger partial charge in [-0.05, 0) is 63.1 Å². The zero-order valence-electron chi connectivity index (χ0n) is 18.3. The van der Waals surface area contributed by atoms with Gasteiger partial charge in [-0.3, -0.25) is 9.59 Å². The summed E-state index contributed by atoms with van der Waals surface area (Å²) in [7, 11) is 0. The molecule has 2 amide bonds. The summed E-state index contributed by atoms with van der Waals surface area (Å²) < 4.78 is 10.8. The van der Waals surface area contributed by atoms with Gasteiger partial charge in [-0.25, -0.2) is 0 Å². The Bertz CT molecular complexity index is 826. The van der Waals surface area contributed by atoms with Crippen molar-refractivity contribution in [3.05, 3.63) is 70.8 Å². The van der Waals surface area contributed by atoms with Crippen LogP contribution in [0.1, 0.15) is 59.5 Å². The number of carbonyl (C=O) groups excluding carboxylic acids is 2. The maximum Gasteiger partial charge on any atom is 0.251 e. The fraction of sp³-hybridized carbons (Fsp3) is 0.417. The van der Waals surface area contributed by atoms with Crippen molar-refractivity contribution in [2.75, 3.05) is 19.8 Å². The minimum absolute atomic E-state index is 0.158. The molecule has 2 N–H and O–H groups in total. The van der Waals surface area contributed by atoms with Crippen molar-refractivity contribution >= 4 is 11.8 Å². The lowest BCUT2D eigenvalue weighted by Crippen LogP contribution is -2.40. The van der Waals surface area contributed by atoms with Crippen LogP contribution >= 0.6 is 0 Å². The number of nitrogens with one attached hydrogen (secondary N) is 2. The van der Waals surface area contributed by atoms with Crippen LogP contribution in [0.3, 0.4) is 0 Å². The first kappa shape index (κ1) is 23.6. The van der Waals surface area contributed by atoms with E-state index >= 15 is 0 Å². The summed E-state index contributed by atoms with van der Waals surface area (Å²) in [6, 6.07) is 14.6. The van der Waals surface area contributed by atoms with Crippen molar-refractivity contribution in [3.8, 4) is 0 Å². The van der Waals surface area contributed by atoms with Gasteiger partial charge < -0.3 is 20.1 Å². The molecule has 0 aromatic heterocycles. The van der Waals surface area contributed by atoms with Crippen LogP contribution in [0.5, 0.6) is 0 Å². The summed E-state index contributed by atoms with van der Waals surface area (Å²) in [5, 5.41) is 5.82. The van der Waals surface area contributed by atoms with E-state index < -0.39 is 0 Å². The molecule has 30 heavy (non-hydrogen) atoms. The van der Waals surface area contributed by atoms with Crippen molar-refractivity contribution in [2.45, 2.75) is 46.4 Å². The van der Waals surface area contributed by atoms with E-state index in [1.807, 2.05) is 52.0 Å². The SMILES string of the molecule is CCOCCOCc1cccc(CNC(=O)c2ccc(C(=O)NC(C)(C)C)cc2)c1. The summed E-state index contributed by atoms with van der Waals surface area (Å²) in [6.07, 6.45) is 0. The van der Waals surface area contributed by atoms with E-state index in [1.54, 1.807) is 24.3 Å². The van der Waals surface area contributed by atoms with Crippen molar-refractivity contribution < 1.29 is 19.1 Å². The number of amides is 2.